The number of benzene rings is 1. The van der Waals surface area contributed by atoms with Crippen molar-refractivity contribution in [3.8, 4) is 6.07 Å². The number of ether oxygens (including phenoxy) is 1. The number of anilines is 1. The summed E-state index contributed by atoms with van der Waals surface area (Å²) in [4.78, 5) is 0. The lowest BCUT2D eigenvalue weighted by atomic mass is 10.2. The van der Waals surface area contributed by atoms with Crippen LogP contribution in [0.4, 0.5) is 5.69 Å². The molecule has 0 radical (unpaired) electrons. The molecule has 0 aliphatic carbocycles. The van der Waals surface area contributed by atoms with E-state index in [9.17, 15) is 0 Å². The van der Waals surface area contributed by atoms with Crippen LogP contribution in [0.15, 0.2) is 30.9 Å². The lowest BCUT2D eigenvalue weighted by Gasteiger charge is -2.08. The van der Waals surface area contributed by atoms with Gasteiger partial charge < -0.3 is 10.1 Å². The molecular weight excluding hydrogens is 236 g/mol. The van der Waals surface area contributed by atoms with Gasteiger partial charge in [0.25, 0.3) is 0 Å². The van der Waals surface area contributed by atoms with E-state index < -0.39 is 0 Å². The smallest absolute Gasteiger partial charge is 0.0992 e. The van der Waals surface area contributed by atoms with Crippen LogP contribution in [0.2, 0.25) is 5.02 Å². The number of rotatable bonds is 7. The molecule has 0 heterocycles. The molecule has 0 aliphatic heterocycles. The maximum absolute atomic E-state index is 8.69. The molecular formula is C13H15ClN2O. The molecule has 0 aliphatic rings. The Morgan fingerprint density at radius 2 is 2.29 bits per heavy atom. The van der Waals surface area contributed by atoms with Gasteiger partial charge in [-0.3, -0.25) is 0 Å². The highest BCUT2D eigenvalue weighted by molar-refractivity contribution is 6.33. The number of nitriles is 1. The number of nitrogens with one attached hydrogen (secondary N) is 1. The van der Waals surface area contributed by atoms with Gasteiger partial charge in [-0.15, -0.1) is 6.58 Å². The molecule has 1 rings (SSSR count). The predicted molar refractivity (Wildman–Crippen MR) is 70.3 cm³/mol. The van der Waals surface area contributed by atoms with Crippen LogP contribution in [0, 0.1) is 11.3 Å². The highest BCUT2D eigenvalue weighted by Gasteiger charge is 2.00. The van der Waals surface area contributed by atoms with Crippen LogP contribution in [0.1, 0.15) is 12.0 Å². The van der Waals surface area contributed by atoms with Crippen LogP contribution in [-0.4, -0.2) is 19.8 Å². The first-order valence-electron chi connectivity index (χ1n) is 5.40. The second-order valence-corrected chi connectivity index (χ2v) is 3.83. The third kappa shape index (κ3) is 4.90. The van der Waals surface area contributed by atoms with E-state index in [0.29, 0.717) is 30.3 Å². The Morgan fingerprint density at radius 1 is 1.47 bits per heavy atom. The van der Waals surface area contributed by atoms with Crippen LogP contribution in [0.5, 0.6) is 0 Å². The van der Waals surface area contributed by atoms with Crippen molar-refractivity contribution in [2.24, 2.45) is 0 Å². The van der Waals surface area contributed by atoms with Gasteiger partial charge in [-0.05, 0) is 24.6 Å². The minimum atomic E-state index is 0.551. The molecule has 90 valence electrons. The highest BCUT2D eigenvalue weighted by Crippen LogP contribution is 2.22. The Kier molecular flexibility index (Phi) is 6.16. The second-order valence-electron chi connectivity index (χ2n) is 3.42. The molecule has 0 atom stereocenters. The standard InChI is InChI=1S/C13H15ClN2O/c1-2-3-7-17-8-6-16-13-5-4-11(10-15)9-12(13)14/h2,4-5,9,16H,1,3,6-8H2. The molecule has 0 saturated heterocycles. The molecule has 0 aromatic heterocycles. The van der Waals surface area contributed by atoms with Crippen LogP contribution in [0.3, 0.4) is 0 Å². The summed E-state index contributed by atoms with van der Waals surface area (Å²) in [5, 5.41) is 12.4. The molecule has 0 unspecified atom stereocenters. The zero-order chi connectivity index (χ0) is 12.5. The van der Waals surface area contributed by atoms with Crippen molar-refractivity contribution < 1.29 is 4.74 Å². The summed E-state index contributed by atoms with van der Waals surface area (Å²) >= 11 is 6.00. The monoisotopic (exact) mass is 250 g/mol. The Bertz CT molecular complexity index is 412. The maximum atomic E-state index is 8.69. The van der Waals surface area contributed by atoms with E-state index in [1.54, 1.807) is 18.2 Å². The third-order valence-electron chi connectivity index (χ3n) is 2.13. The van der Waals surface area contributed by atoms with Gasteiger partial charge in [0, 0.05) is 6.54 Å². The van der Waals surface area contributed by atoms with Crippen molar-refractivity contribution in [3.63, 3.8) is 0 Å². The van der Waals surface area contributed by atoms with Crippen LogP contribution >= 0.6 is 11.6 Å². The molecule has 3 nitrogen and oxygen atoms in total. The highest BCUT2D eigenvalue weighted by atomic mass is 35.5. The van der Waals surface area contributed by atoms with Gasteiger partial charge in [0.05, 0.1) is 35.6 Å². The van der Waals surface area contributed by atoms with Crippen molar-refractivity contribution >= 4 is 17.3 Å². The van der Waals surface area contributed by atoms with Gasteiger partial charge in [-0.1, -0.05) is 17.7 Å². The summed E-state index contributed by atoms with van der Waals surface area (Å²) in [6.45, 7) is 5.60. The Morgan fingerprint density at radius 3 is 2.94 bits per heavy atom. The van der Waals surface area contributed by atoms with E-state index >= 15 is 0 Å². The fraction of sp³-hybridized carbons (Fsp3) is 0.308. The van der Waals surface area contributed by atoms with Gasteiger partial charge in [0.2, 0.25) is 0 Å². The number of halogens is 1. The lowest BCUT2D eigenvalue weighted by molar-refractivity contribution is 0.149. The molecule has 1 aromatic carbocycles. The summed E-state index contributed by atoms with van der Waals surface area (Å²) in [5.41, 5.74) is 1.38. The van der Waals surface area contributed by atoms with E-state index in [-0.39, 0.29) is 0 Å². The van der Waals surface area contributed by atoms with E-state index in [1.165, 1.54) is 0 Å². The third-order valence-corrected chi connectivity index (χ3v) is 2.44. The molecule has 0 saturated carbocycles. The fourth-order valence-electron chi connectivity index (χ4n) is 1.25. The summed E-state index contributed by atoms with van der Waals surface area (Å²) in [7, 11) is 0. The molecule has 4 heteroatoms. The number of hydrogen-bond acceptors (Lipinski definition) is 3. The lowest BCUT2D eigenvalue weighted by Crippen LogP contribution is -2.10. The summed E-state index contributed by atoms with van der Waals surface area (Å²) in [6, 6.07) is 7.21. The Balaban J connectivity index is 2.32. The van der Waals surface area contributed by atoms with Gasteiger partial charge >= 0.3 is 0 Å². The zero-order valence-corrected chi connectivity index (χ0v) is 10.3. The molecule has 1 aromatic rings. The molecule has 17 heavy (non-hydrogen) atoms. The topological polar surface area (TPSA) is 45.0 Å². The van der Waals surface area contributed by atoms with E-state index in [0.717, 1.165) is 12.1 Å². The SMILES string of the molecule is C=CCCOCCNc1ccc(C#N)cc1Cl. The van der Waals surface area contributed by atoms with E-state index in [4.69, 9.17) is 21.6 Å². The van der Waals surface area contributed by atoms with Gasteiger partial charge in [-0.2, -0.15) is 5.26 Å². The average Bonchev–Trinajstić information content (AvgIpc) is 2.35. The van der Waals surface area contributed by atoms with E-state index in [2.05, 4.69) is 11.9 Å². The van der Waals surface area contributed by atoms with Crippen LogP contribution in [0.25, 0.3) is 0 Å². The van der Waals surface area contributed by atoms with E-state index in [1.807, 2.05) is 12.1 Å². The van der Waals surface area contributed by atoms with Crippen molar-refractivity contribution in [3.05, 3.63) is 41.4 Å². The predicted octanol–water partition coefficient (Wildman–Crippen LogP) is 3.22. The zero-order valence-electron chi connectivity index (χ0n) is 9.58. The van der Waals surface area contributed by atoms with Crippen molar-refractivity contribution in [2.45, 2.75) is 6.42 Å². The van der Waals surface area contributed by atoms with Crippen LogP contribution < -0.4 is 5.32 Å². The fourth-order valence-corrected chi connectivity index (χ4v) is 1.50. The maximum Gasteiger partial charge on any atom is 0.0992 e. The first-order chi connectivity index (χ1) is 8.27. The summed E-state index contributed by atoms with van der Waals surface area (Å²) in [5.74, 6) is 0. The van der Waals surface area contributed by atoms with Gasteiger partial charge in [0.1, 0.15) is 0 Å². The van der Waals surface area contributed by atoms with Crippen molar-refractivity contribution in [2.75, 3.05) is 25.1 Å². The molecule has 0 spiro atoms. The molecule has 0 fully saturated rings. The number of nitrogens with zero attached hydrogens (tertiary/aromatic N) is 1. The largest absolute Gasteiger partial charge is 0.382 e. The average molecular weight is 251 g/mol. The summed E-state index contributed by atoms with van der Waals surface area (Å²) < 4.78 is 5.35. The van der Waals surface area contributed by atoms with Crippen molar-refractivity contribution in [1.29, 1.82) is 5.26 Å². The van der Waals surface area contributed by atoms with Crippen LogP contribution in [-0.2, 0) is 4.74 Å². The Labute approximate surface area is 107 Å². The Hall–Kier alpha value is -1.50. The first kappa shape index (κ1) is 13.6. The number of hydrogen-bond donors (Lipinski definition) is 1. The minimum Gasteiger partial charge on any atom is -0.382 e. The summed E-state index contributed by atoms with van der Waals surface area (Å²) in [6.07, 6.45) is 2.68. The second kappa shape index (κ2) is 7.72. The normalized spacial score (nSPS) is 9.65. The van der Waals surface area contributed by atoms with Crippen molar-refractivity contribution in [1.82, 2.24) is 0 Å². The first-order valence-corrected chi connectivity index (χ1v) is 5.78. The van der Waals surface area contributed by atoms with Gasteiger partial charge in [0.15, 0.2) is 0 Å². The molecule has 1 N–H and O–H groups in total. The van der Waals surface area contributed by atoms with Gasteiger partial charge in [-0.25, -0.2) is 0 Å². The molecule has 0 amide bonds. The molecule has 0 bridgehead atoms. The quantitative estimate of drug-likeness (QED) is 0.597. The minimum absolute atomic E-state index is 0.551.